The minimum absolute atomic E-state index is 0.0106. The molecule has 1 rings (SSSR count). The Kier molecular flexibility index (Phi) is 3.24. The first-order valence-corrected chi connectivity index (χ1v) is 4.94. The summed E-state index contributed by atoms with van der Waals surface area (Å²) in [5.41, 5.74) is 0.587. The Morgan fingerprint density at radius 1 is 1.62 bits per heavy atom. The van der Waals surface area contributed by atoms with Gasteiger partial charge in [-0.05, 0) is 42.5 Å². The molecule has 0 amide bonds. The van der Waals surface area contributed by atoms with Crippen LogP contribution < -0.4 is 5.56 Å². The van der Waals surface area contributed by atoms with Crippen molar-refractivity contribution in [2.24, 2.45) is 0 Å². The van der Waals surface area contributed by atoms with Crippen LogP contribution in [0.15, 0.2) is 17.1 Å². The molecule has 0 saturated carbocycles. The molecule has 1 aromatic heterocycles. The molecule has 0 aliphatic rings. The first-order chi connectivity index (χ1) is 6.00. The monoisotopic (exact) mass is 291 g/mol. The zero-order valence-electron chi connectivity index (χ0n) is 7.50. The molecule has 1 aromatic rings. The Morgan fingerprint density at radius 3 is 2.77 bits per heavy atom. The first-order valence-electron chi connectivity index (χ1n) is 3.86. The fourth-order valence-corrected chi connectivity index (χ4v) is 1.90. The minimum Gasteiger partial charge on any atom is -0.307 e. The van der Waals surface area contributed by atoms with Gasteiger partial charge in [-0.15, -0.1) is 0 Å². The predicted molar refractivity (Wildman–Crippen MR) is 58.8 cm³/mol. The summed E-state index contributed by atoms with van der Waals surface area (Å²) in [4.78, 5) is 22.3. The minimum atomic E-state index is -0.0874. The highest BCUT2D eigenvalue weighted by Crippen LogP contribution is 2.03. The van der Waals surface area contributed by atoms with E-state index in [2.05, 4.69) is 22.6 Å². The highest BCUT2D eigenvalue weighted by atomic mass is 127. The number of aromatic nitrogens is 1. The molecule has 70 valence electrons. The van der Waals surface area contributed by atoms with Crippen molar-refractivity contribution in [3.63, 3.8) is 0 Å². The third-order valence-corrected chi connectivity index (χ3v) is 2.21. The second-order valence-electron chi connectivity index (χ2n) is 2.98. The second-order valence-corrected chi connectivity index (χ2v) is 4.22. The van der Waals surface area contributed by atoms with Crippen LogP contribution in [0.4, 0.5) is 0 Å². The summed E-state index contributed by atoms with van der Waals surface area (Å²) in [5.74, 6) is -0.0106. The number of pyridine rings is 1. The second kappa shape index (κ2) is 4.04. The zero-order valence-corrected chi connectivity index (χ0v) is 9.66. The van der Waals surface area contributed by atoms with E-state index in [9.17, 15) is 9.59 Å². The van der Waals surface area contributed by atoms with E-state index in [-0.39, 0.29) is 17.9 Å². The molecule has 0 spiro atoms. The van der Waals surface area contributed by atoms with Gasteiger partial charge in [-0.1, -0.05) is 0 Å². The summed E-state index contributed by atoms with van der Waals surface area (Å²) in [5, 5.41) is 0. The van der Waals surface area contributed by atoms with Crippen LogP contribution in [0.5, 0.6) is 0 Å². The van der Waals surface area contributed by atoms with Crippen molar-refractivity contribution >= 4 is 28.4 Å². The van der Waals surface area contributed by atoms with Gasteiger partial charge in [-0.25, -0.2) is 0 Å². The number of aryl methyl sites for hydroxylation is 1. The van der Waals surface area contributed by atoms with Crippen molar-refractivity contribution in [1.29, 1.82) is 0 Å². The number of Topliss-reactive ketones (excluding diaryl/α,β-unsaturated/α-hetero) is 1. The van der Waals surface area contributed by atoms with Crippen molar-refractivity contribution in [2.75, 3.05) is 0 Å². The van der Waals surface area contributed by atoms with Crippen LogP contribution in [0.25, 0.3) is 0 Å². The first kappa shape index (κ1) is 10.4. The van der Waals surface area contributed by atoms with E-state index in [0.29, 0.717) is 5.56 Å². The van der Waals surface area contributed by atoms with Crippen LogP contribution >= 0.6 is 22.6 Å². The molecule has 0 radical (unpaired) electrons. The molecule has 0 bridgehead atoms. The molecule has 3 nitrogen and oxygen atoms in total. The maximum absolute atomic E-state index is 11.5. The van der Waals surface area contributed by atoms with Crippen LogP contribution in [0, 0.1) is 10.5 Å². The molecule has 0 fully saturated rings. The van der Waals surface area contributed by atoms with Crippen molar-refractivity contribution < 1.29 is 4.79 Å². The molecule has 1 heterocycles. The van der Waals surface area contributed by atoms with Crippen LogP contribution in [0.1, 0.15) is 12.5 Å². The van der Waals surface area contributed by atoms with Gasteiger partial charge in [-0.3, -0.25) is 9.59 Å². The van der Waals surface area contributed by atoms with Crippen LogP contribution in [-0.4, -0.2) is 10.4 Å². The maximum atomic E-state index is 11.5. The standard InChI is InChI=1S/C9H10INO2/c1-6-3-8(10)5-11(9(6)13)4-7(2)12/h3,5H,4H2,1-2H3. The largest absolute Gasteiger partial charge is 0.307 e. The number of nitrogens with zero attached hydrogens (tertiary/aromatic N) is 1. The Bertz CT molecular complexity index is 395. The molecule has 0 aliphatic heterocycles. The number of rotatable bonds is 2. The molecular weight excluding hydrogens is 281 g/mol. The zero-order chi connectivity index (χ0) is 10.0. The molecule has 0 unspecified atom stereocenters. The third-order valence-electron chi connectivity index (χ3n) is 1.62. The van der Waals surface area contributed by atoms with Gasteiger partial charge < -0.3 is 4.57 Å². The van der Waals surface area contributed by atoms with Gasteiger partial charge in [0, 0.05) is 15.3 Å². The van der Waals surface area contributed by atoms with E-state index >= 15 is 0 Å². The van der Waals surface area contributed by atoms with Crippen molar-refractivity contribution in [2.45, 2.75) is 20.4 Å². The van der Waals surface area contributed by atoms with Gasteiger partial charge in [0.1, 0.15) is 5.78 Å². The third kappa shape index (κ3) is 2.65. The summed E-state index contributed by atoms with van der Waals surface area (Å²) in [6.07, 6.45) is 1.69. The predicted octanol–water partition coefficient (Wildman–Crippen LogP) is 1.35. The molecule has 0 saturated heterocycles. The topological polar surface area (TPSA) is 39.1 Å². The number of hydrogen-bond donors (Lipinski definition) is 0. The fraction of sp³-hybridized carbons (Fsp3) is 0.333. The molecule has 0 aliphatic carbocycles. The maximum Gasteiger partial charge on any atom is 0.253 e. The summed E-state index contributed by atoms with van der Waals surface area (Å²) >= 11 is 2.12. The van der Waals surface area contributed by atoms with E-state index in [0.717, 1.165) is 3.57 Å². The van der Waals surface area contributed by atoms with Gasteiger partial charge in [0.05, 0.1) is 6.54 Å². The van der Waals surface area contributed by atoms with E-state index in [1.54, 1.807) is 19.2 Å². The van der Waals surface area contributed by atoms with E-state index in [4.69, 9.17) is 0 Å². The number of hydrogen-bond acceptors (Lipinski definition) is 2. The average Bonchev–Trinajstić information content (AvgIpc) is 1.98. The number of halogens is 1. The average molecular weight is 291 g/mol. The molecule has 0 aromatic carbocycles. The van der Waals surface area contributed by atoms with E-state index < -0.39 is 0 Å². The molecule has 0 atom stereocenters. The quantitative estimate of drug-likeness (QED) is 0.772. The highest BCUT2D eigenvalue weighted by Gasteiger charge is 2.03. The SMILES string of the molecule is CC(=O)Cn1cc(I)cc(C)c1=O. The smallest absolute Gasteiger partial charge is 0.253 e. The Balaban J connectivity index is 3.21. The summed E-state index contributed by atoms with van der Waals surface area (Å²) in [6.45, 7) is 3.39. The molecular formula is C9H10INO2. The fourth-order valence-electron chi connectivity index (χ4n) is 1.10. The molecule has 0 N–H and O–H groups in total. The van der Waals surface area contributed by atoms with Gasteiger partial charge in [0.15, 0.2) is 0 Å². The van der Waals surface area contributed by atoms with Crippen LogP contribution in [0.3, 0.4) is 0 Å². The van der Waals surface area contributed by atoms with Gasteiger partial charge in [-0.2, -0.15) is 0 Å². The summed E-state index contributed by atoms with van der Waals surface area (Å²) < 4.78 is 2.41. The van der Waals surface area contributed by atoms with Gasteiger partial charge >= 0.3 is 0 Å². The lowest BCUT2D eigenvalue weighted by Gasteiger charge is -2.04. The molecule has 13 heavy (non-hydrogen) atoms. The molecule has 4 heteroatoms. The summed E-state index contributed by atoms with van der Waals surface area (Å²) in [7, 11) is 0. The lowest BCUT2D eigenvalue weighted by atomic mass is 10.3. The van der Waals surface area contributed by atoms with E-state index in [1.807, 2.05) is 0 Å². The van der Waals surface area contributed by atoms with Crippen molar-refractivity contribution in [3.05, 3.63) is 31.8 Å². The van der Waals surface area contributed by atoms with Crippen LogP contribution in [0.2, 0.25) is 0 Å². The van der Waals surface area contributed by atoms with Gasteiger partial charge in [0.25, 0.3) is 5.56 Å². The van der Waals surface area contributed by atoms with Gasteiger partial charge in [0.2, 0.25) is 0 Å². The number of ketones is 1. The number of carbonyl (C=O) groups is 1. The normalized spacial score (nSPS) is 10.1. The van der Waals surface area contributed by atoms with Crippen LogP contribution in [-0.2, 0) is 11.3 Å². The number of carbonyl (C=O) groups excluding carboxylic acids is 1. The lowest BCUT2D eigenvalue weighted by Crippen LogP contribution is -2.24. The Labute approximate surface area is 89.9 Å². The van der Waals surface area contributed by atoms with E-state index in [1.165, 1.54) is 11.5 Å². The Morgan fingerprint density at radius 2 is 2.23 bits per heavy atom. The van der Waals surface area contributed by atoms with Crippen molar-refractivity contribution in [1.82, 2.24) is 4.57 Å². The summed E-state index contributed by atoms with van der Waals surface area (Å²) in [6, 6.07) is 1.81. The van der Waals surface area contributed by atoms with Crippen molar-refractivity contribution in [3.8, 4) is 0 Å². The Hall–Kier alpha value is -0.650. The highest BCUT2D eigenvalue weighted by molar-refractivity contribution is 14.1. The lowest BCUT2D eigenvalue weighted by molar-refractivity contribution is -0.117.